The lowest BCUT2D eigenvalue weighted by Crippen LogP contribution is -2.30. The van der Waals surface area contributed by atoms with Gasteiger partial charge in [0, 0.05) is 19.3 Å². The molecule has 1 unspecified atom stereocenters. The van der Waals surface area contributed by atoms with Crippen LogP contribution in [0.5, 0.6) is 0 Å². The zero-order valence-electron chi connectivity index (χ0n) is 54.4. The van der Waals surface area contributed by atoms with E-state index < -0.39 is 6.10 Å². The summed E-state index contributed by atoms with van der Waals surface area (Å²) in [6.07, 6.45) is 98.2. The normalized spacial score (nSPS) is 12.9. The van der Waals surface area contributed by atoms with Gasteiger partial charge in [0.05, 0.1) is 0 Å². The molecule has 0 amide bonds. The monoisotopic (exact) mass is 1150 g/mol. The van der Waals surface area contributed by atoms with Crippen LogP contribution in [0.3, 0.4) is 0 Å². The van der Waals surface area contributed by atoms with Crippen LogP contribution >= 0.6 is 0 Å². The predicted molar refractivity (Wildman–Crippen MR) is 362 cm³/mol. The van der Waals surface area contributed by atoms with Crippen molar-refractivity contribution in [2.24, 2.45) is 0 Å². The van der Waals surface area contributed by atoms with Crippen LogP contribution in [0, 0.1) is 0 Å². The van der Waals surface area contributed by atoms with E-state index in [1.807, 2.05) is 0 Å². The Labute approximate surface area is 513 Å². The van der Waals surface area contributed by atoms with Crippen molar-refractivity contribution in [1.82, 2.24) is 0 Å². The average Bonchev–Trinajstić information content (AvgIpc) is 3.50. The van der Waals surface area contributed by atoms with Crippen molar-refractivity contribution in [1.29, 1.82) is 0 Å². The summed E-state index contributed by atoms with van der Waals surface area (Å²) in [5.74, 6) is -0.887. The smallest absolute Gasteiger partial charge is 0.306 e. The fourth-order valence-electron chi connectivity index (χ4n) is 9.73. The predicted octanol–water partition coefficient (Wildman–Crippen LogP) is 24.3. The molecule has 1 atom stereocenters. The highest BCUT2D eigenvalue weighted by molar-refractivity contribution is 5.71. The van der Waals surface area contributed by atoms with Gasteiger partial charge in [0.15, 0.2) is 6.10 Å². The maximum Gasteiger partial charge on any atom is 0.306 e. The van der Waals surface area contributed by atoms with Crippen LogP contribution in [-0.4, -0.2) is 37.2 Å². The molecule has 0 aliphatic heterocycles. The van der Waals surface area contributed by atoms with Crippen molar-refractivity contribution >= 4 is 17.9 Å². The molecule has 83 heavy (non-hydrogen) atoms. The minimum absolute atomic E-state index is 0.0798. The molecule has 0 fully saturated rings. The van der Waals surface area contributed by atoms with E-state index >= 15 is 0 Å². The second kappa shape index (κ2) is 70.3. The molecule has 0 radical (unpaired) electrons. The number of esters is 3. The molecule has 0 bridgehead atoms. The molecule has 6 nitrogen and oxygen atoms in total. The van der Waals surface area contributed by atoms with E-state index in [0.717, 1.165) is 122 Å². The molecule has 0 spiro atoms. The fourth-order valence-corrected chi connectivity index (χ4v) is 9.73. The lowest BCUT2D eigenvalue weighted by atomic mass is 10.0. The minimum atomic E-state index is -0.782. The number of hydrogen-bond donors (Lipinski definition) is 0. The quantitative estimate of drug-likeness (QED) is 0.0261. The van der Waals surface area contributed by atoms with Crippen LogP contribution in [0.2, 0.25) is 0 Å². The molecule has 0 aromatic heterocycles. The number of rotatable bonds is 63. The van der Waals surface area contributed by atoms with E-state index in [1.165, 1.54) is 167 Å². The van der Waals surface area contributed by atoms with Crippen LogP contribution < -0.4 is 0 Å². The summed E-state index contributed by atoms with van der Waals surface area (Å²) in [7, 11) is 0. The SMILES string of the molecule is CC/C=C\C/C=C\C/C=C\C/C=C\C/C=C\C/C=C\C/C=C\C/C=C\CCCCCCCCCCC(=O)OCC(COC(=O)CCCCCCCCC)OC(=O)CCCCCCCCCCCCCCC/C=C\C/C=C\CCCCCCC. The highest BCUT2D eigenvalue weighted by Gasteiger charge is 2.19. The Morgan fingerprint density at radius 2 is 0.470 bits per heavy atom. The molecule has 0 heterocycles. The van der Waals surface area contributed by atoms with Crippen molar-refractivity contribution in [3.8, 4) is 0 Å². The van der Waals surface area contributed by atoms with Crippen molar-refractivity contribution in [2.45, 2.75) is 335 Å². The third-order valence-corrected chi connectivity index (χ3v) is 15.0. The van der Waals surface area contributed by atoms with Gasteiger partial charge in [0.25, 0.3) is 0 Å². The van der Waals surface area contributed by atoms with Gasteiger partial charge in [-0.2, -0.15) is 0 Å². The molecule has 0 aromatic rings. The first-order valence-electron chi connectivity index (χ1n) is 35.0. The topological polar surface area (TPSA) is 78.9 Å². The Morgan fingerprint density at radius 3 is 0.735 bits per heavy atom. The zero-order chi connectivity index (χ0) is 59.9. The number of hydrogen-bond acceptors (Lipinski definition) is 6. The number of ether oxygens (including phenoxy) is 3. The summed E-state index contributed by atoms with van der Waals surface area (Å²) in [4.78, 5) is 38.2. The first kappa shape index (κ1) is 78.8. The number of carbonyl (C=O) groups is 3. The molecular weight excluding hydrogens is 1020 g/mol. The molecule has 0 aliphatic carbocycles. The third-order valence-electron chi connectivity index (χ3n) is 15.0. The van der Waals surface area contributed by atoms with Crippen LogP contribution in [0.1, 0.15) is 329 Å². The van der Waals surface area contributed by atoms with Gasteiger partial charge in [-0.1, -0.05) is 316 Å². The van der Waals surface area contributed by atoms with Crippen molar-refractivity contribution in [3.05, 3.63) is 122 Å². The second-order valence-corrected chi connectivity index (χ2v) is 23.1. The van der Waals surface area contributed by atoms with Gasteiger partial charge in [-0.05, 0) is 116 Å². The summed E-state index contributed by atoms with van der Waals surface area (Å²) in [6, 6.07) is 0. The largest absolute Gasteiger partial charge is 0.462 e. The zero-order valence-corrected chi connectivity index (χ0v) is 54.4. The Hall–Kier alpha value is -4.19. The van der Waals surface area contributed by atoms with E-state index in [9.17, 15) is 14.4 Å². The van der Waals surface area contributed by atoms with E-state index in [0.29, 0.717) is 19.3 Å². The number of allylic oxidation sites excluding steroid dienone is 20. The Balaban J connectivity index is 4.13. The molecular formula is C77H130O6. The first-order valence-corrected chi connectivity index (χ1v) is 35.0. The van der Waals surface area contributed by atoms with E-state index in [2.05, 4.69) is 142 Å². The fraction of sp³-hybridized carbons (Fsp3) is 0.701. The first-order chi connectivity index (χ1) is 41.0. The van der Waals surface area contributed by atoms with Gasteiger partial charge in [0.2, 0.25) is 0 Å². The third kappa shape index (κ3) is 68.5. The van der Waals surface area contributed by atoms with Crippen molar-refractivity contribution in [2.75, 3.05) is 13.2 Å². The van der Waals surface area contributed by atoms with E-state index in [1.54, 1.807) is 0 Å². The minimum Gasteiger partial charge on any atom is -0.462 e. The molecule has 0 saturated heterocycles. The molecule has 0 aromatic carbocycles. The summed E-state index contributed by atoms with van der Waals surface area (Å²) in [5.41, 5.74) is 0. The number of unbranched alkanes of at least 4 members (excludes halogenated alkanes) is 32. The molecule has 0 aliphatic rings. The van der Waals surface area contributed by atoms with Crippen LogP contribution in [0.25, 0.3) is 0 Å². The maximum absolute atomic E-state index is 12.9. The molecule has 474 valence electrons. The van der Waals surface area contributed by atoms with Gasteiger partial charge in [-0.3, -0.25) is 14.4 Å². The van der Waals surface area contributed by atoms with Gasteiger partial charge < -0.3 is 14.2 Å². The summed E-state index contributed by atoms with van der Waals surface area (Å²) in [6.45, 7) is 6.49. The summed E-state index contributed by atoms with van der Waals surface area (Å²) >= 11 is 0. The van der Waals surface area contributed by atoms with Gasteiger partial charge in [-0.25, -0.2) is 0 Å². The Morgan fingerprint density at radius 1 is 0.253 bits per heavy atom. The second-order valence-electron chi connectivity index (χ2n) is 23.1. The Kier molecular flexibility index (Phi) is 66.7. The van der Waals surface area contributed by atoms with Crippen LogP contribution in [0.4, 0.5) is 0 Å². The van der Waals surface area contributed by atoms with E-state index in [-0.39, 0.29) is 31.1 Å². The highest BCUT2D eigenvalue weighted by Crippen LogP contribution is 2.16. The lowest BCUT2D eigenvalue weighted by molar-refractivity contribution is -0.167. The van der Waals surface area contributed by atoms with Crippen molar-refractivity contribution < 1.29 is 28.6 Å². The highest BCUT2D eigenvalue weighted by atomic mass is 16.6. The summed E-state index contributed by atoms with van der Waals surface area (Å²) < 4.78 is 16.9. The van der Waals surface area contributed by atoms with Crippen LogP contribution in [0.15, 0.2) is 122 Å². The lowest BCUT2D eigenvalue weighted by Gasteiger charge is -2.18. The molecule has 0 saturated carbocycles. The van der Waals surface area contributed by atoms with Crippen molar-refractivity contribution in [3.63, 3.8) is 0 Å². The molecule has 0 N–H and O–H groups in total. The maximum atomic E-state index is 12.9. The number of carbonyl (C=O) groups excluding carboxylic acids is 3. The molecule has 0 rings (SSSR count). The summed E-state index contributed by atoms with van der Waals surface area (Å²) in [5, 5.41) is 0. The van der Waals surface area contributed by atoms with Gasteiger partial charge >= 0.3 is 17.9 Å². The Bertz CT molecular complexity index is 1700. The molecule has 6 heteroatoms. The van der Waals surface area contributed by atoms with Gasteiger partial charge in [-0.15, -0.1) is 0 Å². The average molecular weight is 1150 g/mol. The van der Waals surface area contributed by atoms with Crippen LogP contribution in [-0.2, 0) is 28.6 Å². The standard InChI is InChI=1S/C77H130O6/c1-4-7-10-13-16-18-20-22-24-26-28-30-32-34-35-36-37-38-39-40-41-43-44-46-48-50-52-54-56-58-61-64-67-70-76(79)82-73-74(72-81-75(78)69-66-63-60-15-12-9-6-3)83-77(80)71-68-65-62-59-57-55-53-51-49-47-45-42-33-31-29-27-25-23-21-19-17-14-11-8-5-2/h7,10,16,18,21-24,27-30,34-35,37-38,40-41,44,46,74H,4-6,8-9,11-15,17,19-20,25-26,31-33,36,39,42-43,45,47-73H2,1-3H3/b10-7-,18-16-,23-21-,24-22-,29-27-,30-28-,35-34-,38-37-,41-40-,46-44-. The van der Waals surface area contributed by atoms with Gasteiger partial charge in [0.1, 0.15) is 13.2 Å². The van der Waals surface area contributed by atoms with E-state index in [4.69, 9.17) is 14.2 Å².